The van der Waals surface area contributed by atoms with Crippen molar-refractivity contribution in [3.8, 4) is 11.5 Å². The highest BCUT2D eigenvalue weighted by atomic mass is 32.2. The van der Waals surface area contributed by atoms with Crippen molar-refractivity contribution >= 4 is 40.6 Å². The Balaban J connectivity index is 1.23. The Labute approximate surface area is 240 Å². The fraction of sp³-hybridized carbons (Fsp3) is 0.250. The Kier molecular flexibility index (Phi) is 8.46. The molecular formula is C28H28N6O4S2. The van der Waals surface area contributed by atoms with Crippen molar-refractivity contribution in [1.29, 1.82) is 0 Å². The number of methoxy groups -OCH3 is 2. The number of thiophene rings is 1. The summed E-state index contributed by atoms with van der Waals surface area (Å²) in [7, 11) is 5.01. The van der Waals surface area contributed by atoms with Crippen LogP contribution in [0.5, 0.6) is 11.5 Å². The highest BCUT2D eigenvalue weighted by Crippen LogP contribution is 2.35. The molecule has 1 N–H and O–H groups in total. The van der Waals surface area contributed by atoms with E-state index in [1.165, 1.54) is 11.8 Å². The van der Waals surface area contributed by atoms with Crippen LogP contribution in [0, 0.1) is 0 Å². The van der Waals surface area contributed by atoms with Crippen LogP contribution in [0.3, 0.4) is 0 Å². The van der Waals surface area contributed by atoms with Crippen LogP contribution in [-0.4, -0.2) is 57.3 Å². The van der Waals surface area contributed by atoms with Crippen LogP contribution < -0.4 is 14.8 Å². The van der Waals surface area contributed by atoms with Crippen LogP contribution in [-0.2, 0) is 18.4 Å². The molecule has 0 saturated heterocycles. The van der Waals surface area contributed by atoms with Gasteiger partial charge >= 0.3 is 0 Å². The molecule has 40 heavy (non-hydrogen) atoms. The first-order valence-electron chi connectivity index (χ1n) is 12.5. The largest absolute Gasteiger partial charge is 0.497 e. The maximum absolute atomic E-state index is 13.4. The van der Waals surface area contributed by atoms with Gasteiger partial charge in [-0.2, -0.15) is 5.10 Å². The molecule has 0 unspecified atom stereocenters. The molecule has 0 saturated carbocycles. The Hall–Kier alpha value is -4.16. The number of nitrogens with one attached hydrogen (secondary N) is 1. The number of benzene rings is 2. The topological polar surface area (TPSA) is 111 Å². The van der Waals surface area contributed by atoms with Gasteiger partial charge in [0.05, 0.1) is 43.1 Å². The zero-order chi connectivity index (χ0) is 28.1. The fourth-order valence-corrected chi connectivity index (χ4v) is 5.74. The van der Waals surface area contributed by atoms with Gasteiger partial charge in [-0.15, -0.1) is 21.5 Å². The van der Waals surface area contributed by atoms with Crippen molar-refractivity contribution in [2.75, 3.05) is 20.0 Å². The number of ether oxygens (including phenoxy) is 2. The van der Waals surface area contributed by atoms with Crippen LogP contribution in [0.1, 0.15) is 39.1 Å². The van der Waals surface area contributed by atoms with Crippen molar-refractivity contribution in [2.24, 2.45) is 12.1 Å². The number of hydrogen-bond donors (Lipinski definition) is 1. The predicted octanol–water partition coefficient (Wildman–Crippen LogP) is 4.29. The van der Waals surface area contributed by atoms with E-state index in [2.05, 4.69) is 15.5 Å². The van der Waals surface area contributed by atoms with Gasteiger partial charge in [-0.05, 0) is 53.4 Å². The van der Waals surface area contributed by atoms with Crippen molar-refractivity contribution in [3.05, 3.63) is 87.9 Å². The van der Waals surface area contributed by atoms with Gasteiger partial charge in [0, 0.05) is 19.0 Å². The monoisotopic (exact) mass is 576 g/mol. The minimum Gasteiger partial charge on any atom is -0.497 e. The van der Waals surface area contributed by atoms with Gasteiger partial charge in [0.1, 0.15) is 11.5 Å². The minimum absolute atomic E-state index is 0.130. The number of thioether (sulfide) groups is 1. The number of carbonyl (C=O) groups excluding carboxylic acids is 2. The maximum atomic E-state index is 13.4. The van der Waals surface area contributed by atoms with Gasteiger partial charge in [0.15, 0.2) is 11.0 Å². The average molecular weight is 577 g/mol. The number of aromatic nitrogens is 3. The SMILES string of the molecule is COc1ccc(C(=O)NCc2nnc(SCC(=O)N3N=C(c4cccs4)C[C@H]3c3ccc(OC)cc3)n2C)cc1. The summed E-state index contributed by atoms with van der Waals surface area (Å²) in [6.07, 6.45) is 0.630. The summed E-state index contributed by atoms with van der Waals surface area (Å²) >= 11 is 2.89. The van der Waals surface area contributed by atoms with E-state index in [4.69, 9.17) is 14.6 Å². The zero-order valence-corrected chi connectivity index (χ0v) is 23.9. The number of rotatable bonds is 10. The molecule has 0 fully saturated rings. The van der Waals surface area contributed by atoms with E-state index in [9.17, 15) is 9.59 Å². The molecule has 3 heterocycles. The molecule has 1 aliphatic heterocycles. The molecule has 2 aromatic heterocycles. The summed E-state index contributed by atoms with van der Waals surface area (Å²) in [5.41, 5.74) is 2.40. The van der Waals surface area contributed by atoms with Gasteiger partial charge in [-0.3, -0.25) is 9.59 Å². The van der Waals surface area contributed by atoms with E-state index in [0.717, 1.165) is 21.9 Å². The zero-order valence-electron chi connectivity index (χ0n) is 22.2. The Morgan fingerprint density at radius 3 is 2.38 bits per heavy atom. The third-order valence-electron chi connectivity index (χ3n) is 6.48. The lowest BCUT2D eigenvalue weighted by Crippen LogP contribution is -2.28. The van der Waals surface area contributed by atoms with Crippen molar-refractivity contribution in [1.82, 2.24) is 25.1 Å². The second-order valence-corrected chi connectivity index (χ2v) is 10.8. The molecule has 4 aromatic rings. The summed E-state index contributed by atoms with van der Waals surface area (Å²) in [5, 5.41) is 20.2. The first-order chi connectivity index (χ1) is 19.5. The van der Waals surface area contributed by atoms with Crippen molar-refractivity contribution in [2.45, 2.75) is 24.2 Å². The molecule has 1 atom stereocenters. The van der Waals surface area contributed by atoms with E-state index >= 15 is 0 Å². The number of hydrogen-bond acceptors (Lipinski definition) is 9. The van der Waals surface area contributed by atoms with Crippen molar-refractivity contribution < 1.29 is 19.1 Å². The summed E-state index contributed by atoms with van der Waals surface area (Å²) in [4.78, 5) is 27.0. The number of amides is 2. The molecule has 5 rings (SSSR count). The van der Waals surface area contributed by atoms with Gasteiger partial charge in [0.25, 0.3) is 11.8 Å². The highest BCUT2D eigenvalue weighted by molar-refractivity contribution is 7.99. The van der Waals surface area contributed by atoms with Crippen LogP contribution >= 0.6 is 23.1 Å². The second kappa shape index (κ2) is 12.3. The van der Waals surface area contributed by atoms with Crippen LogP contribution in [0.15, 0.2) is 76.3 Å². The molecule has 0 aliphatic carbocycles. The van der Waals surface area contributed by atoms with Crippen LogP contribution in [0.4, 0.5) is 0 Å². The first kappa shape index (κ1) is 27.4. The summed E-state index contributed by atoms with van der Waals surface area (Å²) in [6.45, 7) is 0.197. The van der Waals surface area contributed by atoms with E-state index in [1.54, 1.807) is 59.4 Å². The van der Waals surface area contributed by atoms with E-state index in [1.807, 2.05) is 48.8 Å². The lowest BCUT2D eigenvalue weighted by Gasteiger charge is -2.22. The number of nitrogens with zero attached hydrogens (tertiary/aromatic N) is 5. The lowest BCUT2D eigenvalue weighted by atomic mass is 10.0. The highest BCUT2D eigenvalue weighted by Gasteiger charge is 2.33. The molecule has 0 bridgehead atoms. The third-order valence-corrected chi connectivity index (χ3v) is 8.41. The standard InChI is InChI=1S/C28H28N6O4S2/c1-33-25(16-29-27(36)19-8-12-21(38-3)13-9-19)30-31-28(33)40-17-26(35)34-23(18-6-10-20(37-2)11-7-18)15-22(32-34)24-5-4-14-39-24/h4-14,23H,15-17H2,1-3H3,(H,29,36)/t23-/m0/s1. The van der Waals surface area contributed by atoms with Gasteiger partial charge < -0.3 is 19.4 Å². The number of hydrazone groups is 1. The van der Waals surface area contributed by atoms with E-state index in [-0.39, 0.29) is 30.2 Å². The molecule has 0 spiro atoms. The molecule has 1 aliphatic rings. The van der Waals surface area contributed by atoms with E-state index in [0.29, 0.717) is 28.7 Å². The Bertz CT molecular complexity index is 1500. The smallest absolute Gasteiger partial charge is 0.253 e. The fourth-order valence-electron chi connectivity index (χ4n) is 4.24. The molecular weight excluding hydrogens is 548 g/mol. The second-order valence-electron chi connectivity index (χ2n) is 8.91. The summed E-state index contributed by atoms with van der Waals surface area (Å²) in [6, 6.07) is 18.4. The summed E-state index contributed by atoms with van der Waals surface area (Å²) in [5.74, 6) is 1.79. The van der Waals surface area contributed by atoms with E-state index < -0.39 is 0 Å². The summed E-state index contributed by atoms with van der Waals surface area (Å²) < 4.78 is 12.2. The molecule has 2 aromatic carbocycles. The molecule has 0 radical (unpaired) electrons. The third kappa shape index (κ3) is 6.02. The predicted molar refractivity (Wildman–Crippen MR) is 154 cm³/mol. The quantitative estimate of drug-likeness (QED) is 0.280. The van der Waals surface area contributed by atoms with Crippen LogP contribution in [0.2, 0.25) is 0 Å². The number of carbonyl (C=O) groups is 2. The lowest BCUT2D eigenvalue weighted by molar-refractivity contribution is -0.130. The van der Waals surface area contributed by atoms with Crippen LogP contribution in [0.25, 0.3) is 0 Å². The first-order valence-corrected chi connectivity index (χ1v) is 14.3. The molecule has 206 valence electrons. The Morgan fingerprint density at radius 1 is 1.02 bits per heavy atom. The minimum atomic E-state index is -0.229. The molecule has 10 nitrogen and oxygen atoms in total. The molecule has 12 heteroatoms. The van der Waals surface area contributed by atoms with Gasteiger partial charge in [-0.1, -0.05) is 30.0 Å². The Morgan fingerprint density at radius 2 is 1.73 bits per heavy atom. The van der Waals surface area contributed by atoms with Gasteiger partial charge in [0.2, 0.25) is 0 Å². The normalized spacial score (nSPS) is 14.6. The maximum Gasteiger partial charge on any atom is 0.253 e. The van der Waals surface area contributed by atoms with Crippen molar-refractivity contribution in [3.63, 3.8) is 0 Å². The average Bonchev–Trinajstić information content (AvgIpc) is 3.75. The molecule has 2 amide bonds. The van der Waals surface area contributed by atoms with Gasteiger partial charge in [-0.25, -0.2) is 5.01 Å².